The molecule has 192 valence electrons. The first-order valence-electron chi connectivity index (χ1n) is 12.0. The first kappa shape index (κ1) is 27.1. The van der Waals surface area contributed by atoms with Gasteiger partial charge in [0.15, 0.2) is 11.5 Å². The molecule has 0 bridgehead atoms. The third-order valence-electron chi connectivity index (χ3n) is 6.14. The highest BCUT2D eigenvalue weighted by atomic mass is 79.9. The molecule has 3 aromatic rings. The molecule has 1 aromatic heterocycles. The molecular weight excluding hydrogens is 610 g/mol. The maximum atomic E-state index is 13.6. The molecule has 0 aliphatic heterocycles. The second-order valence-corrected chi connectivity index (χ2v) is 12.4. The van der Waals surface area contributed by atoms with E-state index in [0.29, 0.717) is 49.9 Å². The molecule has 1 aliphatic carbocycles. The van der Waals surface area contributed by atoms with Crippen molar-refractivity contribution in [1.29, 1.82) is 0 Å². The number of halogens is 3. The normalized spacial score (nSPS) is 15.1. The maximum Gasteiger partial charge on any atom is 0.282 e. The summed E-state index contributed by atoms with van der Waals surface area (Å²) in [6, 6.07) is 7.37. The Labute approximate surface area is 233 Å². The van der Waals surface area contributed by atoms with Crippen molar-refractivity contribution in [2.45, 2.75) is 58.8 Å². The summed E-state index contributed by atoms with van der Waals surface area (Å²) in [5, 5.41) is 5.54. The number of ether oxygens (including phenoxy) is 2. The van der Waals surface area contributed by atoms with Crippen LogP contribution in [0.25, 0.3) is 10.9 Å². The van der Waals surface area contributed by atoms with Crippen molar-refractivity contribution in [3.8, 4) is 11.5 Å². The molecule has 0 saturated heterocycles. The second-order valence-electron chi connectivity index (χ2n) is 10.3. The Hall–Kier alpha value is -1.90. The Bertz CT molecular complexity index is 1360. The van der Waals surface area contributed by atoms with Gasteiger partial charge in [-0.15, -0.1) is 0 Å². The third kappa shape index (κ3) is 5.97. The average Bonchev–Trinajstić information content (AvgIpc) is 2.85. The Balaban J connectivity index is 1.80. The molecule has 0 N–H and O–H groups in total. The molecule has 0 radical (unpaired) electrons. The molecular formula is C27H30Br2ClN3O3. The molecule has 1 saturated carbocycles. The van der Waals surface area contributed by atoms with E-state index in [1.54, 1.807) is 25.5 Å². The molecule has 1 fully saturated rings. The molecule has 6 nitrogen and oxygen atoms in total. The molecule has 2 aromatic carbocycles. The van der Waals surface area contributed by atoms with Crippen molar-refractivity contribution in [1.82, 2.24) is 9.66 Å². The number of hydrogen-bond donors (Lipinski definition) is 0. The molecule has 0 spiro atoms. The van der Waals surface area contributed by atoms with Gasteiger partial charge in [0.25, 0.3) is 5.56 Å². The highest BCUT2D eigenvalue weighted by molar-refractivity contribution is 9.10. The first-order chi connectivity index (χ1) is 17.1. The molecule has 1 aliphatic rings. The SMILES string of the molecule is COc1cc(C=Nn2c(C3CCCCC3)nc3ccc(Br)cc3c2=O)c(Br)c(Cl)c1OCC(C)(C)C. The van der Waals surface area contributed by atoms with Gasteiger partial charge in [0.2, 0.25) is 0 Å². The summed E-state index contributed by atoms with van der Waals surface area (Å²) in [5.41, 5.74) is 1.10. The number of rotatable bonds is 6. The zero-order valence-corrected chi connectivity index (χ0v) is 24.8. The van der Waals surface area contributed by atoms with Crippen LogP contribution in [0, 0.1) is 5.41 Å². The zero-order chi connectivity index (χ0) is 26.0. The Morgan fingerprint density at radius 2 is 1.92 bits per heavy atom. The number of fused-ring (bicyclic) bond motifs is 1. The predicted octanol–water partition coefficient (Wildman–Crippen LogP) is 7.94. The standard InChI is InChI=1S/C27H30Br2ClN3O3/c1-27(2,3)15-36-24-21(35-4)12-17(22(29)23(24)30)14-31-33-25(16-8-6-5-7-9-16)32-20-11-10-18(28)13-19(20)26(33)34/h10-14,16H,5-9,15H2,1-4H3. The van der Waals surface area contributed by atoms with Gasteiger partial charge in [0.1, 0.15) is 10.8 Å². The van der Waals surface area contributed by atoms with Gasteiger partial charge in [-0.3, -0.25) is 4.79 Å². The topological polar surface area (TPSA) is 65.7 Å². The van der Waals surface area contributed by atoms with E-state index in [2.05, 4.69) is 57.7 Å². The fourth-order valence-corrected chi connectivity index (χ4v) is 5.31. The van der Waals surface area contributed by atoms with Gasteiger partial charge in [-0.25, -0.2) is 4.98 Å². The van der Waals surface area contributed by atoms with Gasteiger partial charge in [0, 0.05) is 20.4 Å². The molecule has 0 unspecified atom stereocenters. The van der Waals surface area contributed by atoms with Gasteiger partial charge in [-0.1, -0.05) is 67.6 Å². The number of methoxy groups -OCH3 is 1. The quantitative estimate of drug-likeness (QED) is 0.257. The van der Waals surface area contributed by atoms with Crippen LogP contribution in [0.5, 0.6) is 11.5 Å². The molecule has 0 amide bonds. The molecule has 1 heterocycles. The minimum absolute atomic E-state index is 0.0459. The van der Waals surface area contributed by atoms with Gasteiger partial charge in [-0.2, -0.15) is 9.78 Å². The van der Waals surface area contributed by atoms with E-state index in [0.717, 1.165) is 30.2 Å². The first-order valence-corrected chi connectivity index (χ1v) is 14.0. The highest BCUT2D eigenvalue weighted by Gasteiger charge is 2.23. The highest BCUT2D eigenvalue weighted by Crippen LogP contribution is 2.42. The van der Waals surface area contributed by atoms with E-state index in [4.69, 9.17) is 26.1 Å². The molecule has 0 atom stereocenters. The van der Waals surface area contributed by atoms with Gasteiger partial charge in [0.05, 0.1) is 30.8 Å². The van der Waals surface area contributed by atoms with Crippen molar-refractivity contribution in [3.05, 3.63) is 60.0 Å². The van der Waals surface area contributed by atoms with Crippen LogP contribution in [-0.4, -0.2) is 29.6 Å². The van der Waals surface area contributed by atoms with Crippen molar-refractivity contribution < 1.29 is 9.47 Å². The lowest BCUT2D eigenvalue weighted by Gasteiger charge is -2.23. The maximum absolute atomic E-state index is 13.6. The minimum atomic E-state index is -0.197. The molecule has 36 heavy (non-hydrogen) atoms. The summed E-state index contributed by atoms with van der Waals surface area (Å²) in [6.07, 6.45) is 7.05. The van der Waals surface area contributed by atoms with E-state index >= 15 is 0 Å². The smallest absolute Gasteiger partial charge is 0.282 e. The average molecular weight is 640 g/mol. The van der Waals surface area contributed by atoms with E-state index in [9.17, 15) is 4.79 Å². The number of nitrogens with zero attached hydrogens (tertiary/aromatic N) is 3. The lowest BCUT2D eigenvalue weighted by Crippen LogP contribution is -2.25. The van der Waals surface area contributed by atoms with Crippen LogP contribution in [-0.2, 0) is 0 Å². The van der Waals surface area contributed by atoms with Crippen LogP contribution in [0.2, 0.25) is 5.02 Å². The van der Waals surface area contributed by atoms with Crippen molar-refractivity contribution in [2.75, 3.05) is 13.7 Å². The zero-order valence-electron chi connectivity index (χ0n) is 20.9. The van der Waals surface area contributed by atoms with E-state index in [-0.39, 0.29) is 16.9 Å². The summed E-state index contributed by atoms with van der Waals surface area (Å²) in [6.45, 7) is 6.73. The summed E-state index contributed by atoms with van der Waals surface area (Å²) >= 11 is 13.7. The van der Waals surface area contributed by atoms with Crippen LogP contribution in [0.3, 0.4) is 0 Å². The lowest BCUT2D eigenvalue weighted by molar-refractivity contribution is 0.191. The molecule has 4 rings (SSSR count). The van der Waals surface area contributed by atoms with Gasteiger partial charge < -0.3 is 9.47 Å². The van der Waals surface area contributed by atoms with Crippen LogP contribution in [0.15, 0.2) is 43.1 Å². The lowest BCUT2D eigenvalue weighted by atomic mass is 9.88. The fourth-order valence-electron chi connectivity index (χ4n) is 4.30. The number of benzene rings is 2. The van der Waals surface area contributed by atoms with Crippen molar-refractivity contribution in [2.24, 2.45) is 10.5 Å². The van der Waals surface area contributed by atoms with E-state index in [1.807, 2.05) is 12.1 Å². The summed E-state index contributed by atoms with van der Waals surface area (Å²) < 4.78 is 14.5. The van der Waals surface area contributed by atoms with E-state index < -0.39 is 0 Å². The summed E-state index contributed by atoms with van der Waals surface area (Å²) in [5.74, 6) is 1.85. The van der Waals surface area contributed by atoms with Crippen molar-refractivity contribution >= 4 is 60.6 Å². The second kappa shape index (κ2) is 11.2. The van der Waals surface area contributed by atoms with Gasteiger partial charge in [-0.05, 0) is 58.5 Å². The summed E-state index contributed by atoms with van der Waals surface area (Å²) in [4.78, 5) is 18.5. The summed E-state index contributed by atoms with van der Waals surface area (Å²) in [7, 11) is 1.57. The monoisotopic (exact) mass is 637 g/mol. The van der Waals surface area contributed by atoms with Gasteiger partial charge >= 0.3 is 0 Å². The Morgan fingerprint density at radius 3 is 2.58 bits per heavy atom. The Morgan fingerprint density at radius 1 is 1.19 bits per heavy atom. The van der Waals surface area contributed by atoms with Crippen LogP contribution in [0.4, 0.5) is 0 Å². The fraction of sp³-hybridized carbons (Fsp3) is 0.444. The van der Waals surface area contributed by atoms with Crippen LogP contribution < -0.4 is 15.0 Å². The van der Waals surface area contributed by atoms with Crippen LogP contribution in [0.1, 0.15) is 70.2 Å². The largest absolute Gasteiger partial charge is 0.493 e. The van der Waals surface area contributed by atoms with Crippen LogP contribution >= 0.6 is 43.5 Å². The number of hydrogen-bond acceptors (Lipinski definition) is 5. The Kier molecular flexibility index (Phi) is 8.47. The predicted molar refractivity (Wildman–Crippen MR) is 153 cm³/mol. The molecule has 9 heteroatoms. The van der Waals surface area contributed by atoms with Crippen molar-refractivity contribution in [3.63, 3.8) is 0 Å². The van der Waals surface area contributed by atoms with E-state index in [1.165, 1.54) is 11.1 Å². The number of aromatic nitrogens is 2. The third-order valence-corrected chi connectivity index (χ3v) is 8.08. The minimum Gasteiger partial charge on any atom is -0.493 e.